The summed E-state index contributed by atoms with van der Waals surface area (Å²) in [5.74, 6) is 0.376. The molecule has 0 aliphatic heterocycles. The van der Waals surface area contributed by atoms with Crippen molar-refractivity contribution in [2.45, 2.75) is 64.3 Å². The normalized spacial score (nSPS) is 23.2. The Kier molecular flexibility index (Phi) is 5.76. The minimum Gasteiger partial charge on any atom is -0.465 e. The van der Waals surface area contributed by atoms with Crippen molar-refractivity contribution < 1.29 is 9.53 Å². The van der Waals surface area contributed by atoms with Gasteiger partial charge in [0, 0.05) is 10.9 Å². The Bertz CT molecular complexity index is 627. The molecule has 0 bridgehead atoms. The third-order valence-corrected chi connectivity index (χ3v) is 6.64. The van der Waals surface area contributed by atoms with Crippen LogP contribution in [0.4, 0.5) is 5.00 Å². The van der Waals surface area contributed by atoms with Crippen LogP contribution in [0.25, 0.3) is 0 Å². The van der Waals surface area contributed by atoms with E-state index in [-0.39, 0.29) is 5.97 Å². The Morgan fingerprint density at radius 1 is 1.21 bits per heavy atom. The SMILES string of the molecule is COC(=O)c1c(NC(=S)NC2CCCCC2C)sc2c1CCCC2. The van der Waals surface area contributed by atoms with Gasteiger partial charge in [-0.25, -0.2) is 4.79 Å². The van der Waals surface area contributed by atoms with Crippen LogP contribution in [0.2, 0.25) is 0 Å². The van der Waals surface area contributed by atoms with Gasteiger partial charge in [-0.15, -0.1) is 11.3 Å². The number of thiocarbonyl (C=S) groups is 1. The molecule has 2 aliphatic rings. The maximum absolute atomic E-state index is 12.3. The van der Waals surface area contributed by atoms with Crippen LogP contribution in [-0.2, 0) is 17.6 Å². The first kappa shape index (κ1) is 17.7. The van der Waals surface area contributed by atoms with Crippen LogP contribution >= 0.6 is 23.6 Å². The van der Waals surface area contributed by atoms with Gasteiger partial charge in [-0.2, -0.15) is 0 Å². The Balaban J connectivity index is 1.75. The van der Waals surface area contributed by atoms with E-state index in [1.54, 1.807) is 11.3 Å². The Hall–Kier alpha value is -1.14. The van der Waals surface area contributed by atoms with E-state index in [1.165, 1.54) is 37.7 Å². The molecule has 1 aromatic heterocycles. The maximum atomic E-state index is 12.3. The highest BCUT2D eigenvalue weighted by atomic mass is 32.1. The number of methoxy groups -OCH3 is 1. The van der Waals surface area contributed by atoms with Gasteiger partial charge >= 0.3 is 5.97 Å². The average Bonchev–Trinajstić information content (AvgIpc) is 2.94. The van der Waals surface area contributed by atoms with Crippen LogP contribution in [0.5, 0.6) is 0 Å². The molecule has 0 aromatic carbocycles. The number of aryl methyl sites for hydroxylation is 1. The zero-order valence-electron chi connectivity index (χ0n) is 14.4. The number of anilines is 1. The zero-order chi connectivity index (χ0) is 17.1. The number of thiophene rings is 1. The maximum Gasteiger partial charge on any atom is 0.341 e. The molecule has 132 valence electrons. The Morgan fingerprint density at radius 3 is 2.71 bits per heavy atom. The second kappa shape index (κ2) is 7.83. The van der Waals surface area contributed by atoms with Crippen LogP contribution in [0.1, 0.15) is 66.2 Å². The number of hydrogen-bond donors (Lipinski definition) is 2. The summed E-state index contributed by atoms with van der Waals surface area (Å²) in [5, 5.41) is 8.21. The summed E-state index contributed by atoms with van der Waals surface area (Å²) in [6.45, 7) is 2.28. The molecule has 6 heteroatoms. The minimum atomic E-state index is -0.259. The number of fused-ring (bicyclic) bond motifs is 1. The van der Waals surface area contributed by atoms with Crippen molar-refractivity contribution in [2.75, 3.05) is 12.4 Å². The summed E-state index contributed by atoms with van der Waals surface area (Å²) in [4.78, 5) is 13.6. The lowest BCUT2D eigenvalue weighted by molar-refractivity contribution is 0.0601. The predicted octanol–water partition coefficient (Wildman–Crippen LogP) is 4.28. The quantitative estimate of drug-likeness (QED) is 0.618. The van der Waals surface area contributed by atoms with E-state index in [0.717, 1.165) is 36.2 Å². The number of nitrogens with one attached hydrogen (secondary N) is 2. The van der Waals surface area contributed by atoms with Gasteiger partial charge in [-0.3, -0.25) is 0 Å². The second-order valence-electron chi connectivity index (χ2n) is 6.87. The first-order chi connectivity index (χ1) is 11.6. The topological polar surface area (TPSA) is 50.4 Å². The van der Waals surface area contributed by atoms with Gasteiger partial charge in [-0.1, -0.05) is 19.8 Å². The molecule has 1 heterocycles. The number of rotatable bonds is 3. The molecule has 1 aromatic rings. The fourth-order valence-electron chi connectivity index (χ4n) is 3.81. The summed E-state index contributed by atoms with van der Waals surface area (Å²) in [7, 11) is 1.44. The van der Waals surface area contributed by atoms with E-state index in [1.807, 2.05) is 0 Å². The predicted molar refractivity (Wildman–Crippen MR) is 103 cm³/mol. The van der Waals surface area contributed by atoms with Crippen LogP contribution in [0, 0.1) is 5.92 Å². The van der Waals surface area contributed by atoms with Crippen LogP contribution < -0.4 is 10.6 Å². The van der Waals surface area contributed by atoms with Gasteiger partial charge in [0.05, 0.1) is 12.7 Å². The lowest BCUT2D eigenvalue weighted by Crippen LogP contribution is -2.43. The number of esters is 1. The molecule has 0 amide bonds. The zero-order valence-corrected chi connectivity index (χ0v) is 16.1. The molecule has 2 unspecified atom stereocenters. The third kappa shape index (κ3) is 3.75. The Morgan fingerprint density at radius 2 is 1.96 bits per heavy atom. The van der Waals surface area contributed by atoms with Crippen molar-refractivity contribution in [3.05, 3.63) is 16.0 Å². The highest BCUT2D eigenvalue weighted by Crippen LogP contribution is 2.38. The molecule has 1 fully saturated rings. The lowest BCUT2D eigenvalue weighted by atomic mass is 9.86. The lowest BCUT2D eigenvalue weighted by Gasteiger charge is -2.30. The number of ether oxygens (including phenoxy) is 1. The van der Waals surface area contributed by atoms with Crippen LogP contribution in [0.15, 0.2) is 0 Å². The highest BCUT2D eigenvalue weighted by molar-refractivity contribution is 7.80. The highest BCUT2D eigenvalue weighted by Gasteiger charge is 2.27. The van der Waals surface area contributed by atoms with Gasteiger partial charge in [0.2, 0.25) is 0 Å². The summed E-state index contributed by atoms with van der Waals surface area (Å²) in [5.41, 5.74) is 1.85. The molecule has 3 rings (SSSR count). The first-order valence-corrected chi connectivity index (χ1v) is 10.1. The summed E-state index contributed by atoms with van der Waals surface area (Å²) in [6, 6.07) is 0.426. The second-order valence-corrected chi connectivity index (χ2v) is 8.39. The fraction of sp³-hybridized carbons (Fsp3) is 0.667. The van der Waals surface area contributed by atoms with Crippen molar-refractivity contribution in [2.24, 2.45) is 5.92 Å². The van der Waals surface area contributed by atoms with Crippen LogP contribution in [-0.4, -0.2) is 24.2 Å². The minimum absolute atomic E-state index is 0.259. The van der Waals surface area contributed by atoms with Crippen molar-refractivity contribution in [1.29, 1.82) is 0 Å². The van der Waals surface area contributed by atoms with E-state index in [2.05, 4.69) is 17.6 Å². The molecular formula is C18H26N2O2S2. The fourth-order valence-corrected chi connectivity index (χ4v) is 5.41. The van der Waals surface area contributed by atoms with E-state index >= 15 is 0 Å². The molecule has 4 nitrogen and oxygen atoms in total. The van der Waals surface area contributed by atoms with Gasteiger partial charge < -0.3 is 15.4 Å². The number of carbonyl (C=O) groups excluding carboxylic acids is 1. The van der Waals surface area contributed by atoms with E-state index < -0.39 is 0 Å². The van der Waals surface area contributed by atoms with Gasteiger partial charge in [0.1, 0.15) is 5.00 Å². The third-order valence-electron chi connectivity index (χ3n) is 5.22. The summed E-state index contributed by atoms with van der Waals surface area (Å²) in [6.07, 6.45) is 9.30. The molecular weight excluding hydrogens is 340 g/mol. The van der Waals surface area contributed by atoms with Crippen molar-refractivity contribution in [1.82, 2.24) is 5.32 Å². The molecule has 0 spiro atoms. The number of carbonyl (C=O) groups is 1. The molecule has 2 aliphatic carbocycles. The molecule has 2 N–H and O–H groups in total. The molecule has 0 saturated heterocycles. The van der Waals surface area contributed by atoms with Gasteiger partial charge in [0.15, 0.2) is 5.11 Å². The van der Waals surface area contributed by atoms with Crippen molar-refractivity contribution in [3.63, 3.8) is 0 Å². The molecule has 24 heavy (non-hydrogen) atoms. The van der Waals surface area contributed by atoms with Gasteiger partial charge in [-0.05, 0) is 62.2 Å². The van der Waals surface area contributed by atoms with E-state index in [9.17, 15) is 4.79 Å². The average molecular weight is 367 g/mol. The molecule has 0 radical (unpaired) electrons. The van der Waals surface area contributed by atoms with Crippen LogP contribution in [0.3, 0.4) is 0 Å². The molecule has 2 atom stereocenters. The summed E-state index contributed by atoms with van der Waals surface area (Å²) < 4.78 is 5.01. The largest absolute Gasteiger partial charge is 0.465 e. The standard InChI is InChI=1S/C18H26N2O2S2/c1-11-7-3-5-9-13(11)19-18(23)20-16-15(17(21)22-2)12-8-4-6-10-14(12)24-16/h11,13H,3-10H2,1-2H3,(H2,19,20,23). The first-order valence-electron chi connectivity index (χ1n) is 8.90. The van der Waals surface area contributed by atoms with Gasteiger partial charge in [0.25, 0.3) is 0 Å². The molecule has 1 saturated carbocycles. The monoisotopic (exact) mass is 366 g/mol. The number of hydrogen-bond acceptors (Lipinski definition) is 4. The van der Waals surface area contributed by atoms with E-state index in [0.29, 0.717) is 22.6 Å². The van der Waals surface area contributed by atoms with E-state index in [4.69, 9.17) is 17.0 Å². The van der Waals surface area contributed by atoms with Crippen molar-refractivity contribution in [3.8, 4) is 0 Å². The van der Waals surface area contributed by atoms with Crippen molar-refractivity contribution >= 4 is 39.6 Å². The Labute approximate surface area is 153 Å². The smallest absolute Gasteiger partial charge is 0.341 e. The summed E-state index contributed by atoms with van der Waals surface area (Å²) >= 11 is 7.18.